The molecule has 8 rings (SSSR count). The van der Waals surface area contributed by atoms with Crippen molar-refractivity contribution >= 4 is 45.6 Å². The van der Waals surface area contributed by atoms with Gasteiger partial charge in [0.1, 0.15) is 23.6 Å². The van der Waals surface area contributed by atoms with Crippen molar-refractivity contribution in [2.75, 3.05) is 43.4 Å². The number of benzene rings is 1. The Labute approximate surface area is 269 Å². The number of alkyl halides is 5. The Hall–Kier alpha value is -2.81. The summed E-state index contributed by atoms with van der Waals surface area (Å²) in [5.74, 6) is -3.58. The molecular weight excluding hydrogens is 659 g/mol. The standard InChI is InChI=1S/C30H29Cl2F6N7O/c31-17-6-18(39)21(32)19(20(17)30(36,37)38)24-22(33)23-16(7-40-24)25(44-8-14-2-3-15(9-44)41-14)43-26(42-23)46-13-28-4-1-5-45(28)12-27(10-28)11-29(27,34)35/h6-7,14-15,41H,1-5,8-13,39H2/t14-,15+,27-,28-/m0/s1. The first kappa shape index (κ1) is 30.5. The number of anilines is 2. The zero-order chi connectivity index (χ0) is 32.4. The molecule has 4 aliphatic heterocycles. The third kappa shape index (κ3) is 4.61. The maximum absolute atomic E-state index is 16.6. The summed E-state index contributed by atoms with van der Waals surface area (Å²) < 4.78 is 94.2. The molecule has 5 fully saturated rings. The smallest absolute Gasteiger partial charge is 0.418 e. The van der Waals surface area contributed by atoms with Gasteiger partial charge in [-0.05, 0) is 44.7 Å². The minimum absolute atomic E-state index is 0.0109. The first-order chi connectivity index (χ1) is 21.7. The number of halogens is 8. The molecule has 4 atom stereocenters. The van der Waals surface area contributed by atoms with Gasteiger partial charge in [-0.15, -0.1) is 0 Å². The number of nitrogens with zero attached hydrogens (tertiary/aromatic N) is 5. The summed E-state index contributed by atoms with van der Waals surface area (Å²) in [6.07, 6.45) is -0.298. The molecule has 46 heavy (non-hydrogen) atoms. The summed E-state index contributed by atoms with van der Waals surface area (Å²) in [5.41, 5.74) is 0.632. The number of rotatable bonds is 5. The van der Waals surface area contributed by atoms with E-state index in [1.807, 2.05) is 4.90 Å². The van der Waals surface area contributed by atoms with Crippen molar-refractivity contribution in [3.63, 3.8) is 0 Å². The number of ether oxygens (including phenoxy) is 1. The van der Waals surface area contributed by atoms with Crippen LogP contribution in [0.4, 0.5) is 37.8 Å². The Morgan fingerprint density at radius 2 is 1.83 bits per heavy atom. The van der Waals surface area contributed by atoms with Gasteiger partial charge in [-0.2, -0.15) is 23.1 Å². The second kappa shape index (κ2) is 10.1. The normalized spacial score (nSPS) is 30.0. The molecule has 8 nitrogen and oxygen atoms in total. The molecule has 3 aromatic rings. The predicted octanol–water partition coefficient (Wildman–Crippen LogP) is 6.32. The van der Waals surface area contributed by atoms with Crippen LogP contribution in [0.3, 0.4) is 0 Å². The third-order valence-electron chi connectivity index (χ3n) is 10.5. The molecule has 16 heteroatoms. The Morgan fingerprint density at radius 3 is 2.50 bits per heavy atom. The number of nitrogens with two attached hydrogens (primary N) is 1. The van der Waals surface area contributed by atoms with Gasteiger partial charge in [-0.1, -0.05) is 23.2 Å². The summed E-state index contributed by atoms with van der Waals surface area (Å²) in [5, 5.41) is 2.38. The molecule has 246 valence electrons. The second-order valence-corrected chi connectivity index (χ2v) is 14.2. The summed E-state index contributed by atoms with van der Waals surface area (Å²) in [6, 6.07) is 1.00. The molecule has 4 saturated heterocycles. The van der Waals surface area contributed by atoms with Crippen LogP contribution in [0.2, 0.25) is 10.0 Å². The number of fused-ring (bicyclic) bond motifs is 4. The van der Waals surface area contributed by atoms with Gasteiger partial charge < -0.3 is 20.7 Å². The maximum Gasteiger partial charge on any atom is 0.418 e. The highest BCUT2D eigenvalue weighted by Gasteiger charge is 2.77. The Kier molecular flexibility index (Phi) is 6.70. The second-order valence-electron chi connectivity index (χ2n) is 13.4. The molecule has 2 bridgehead atoms. The fourth-order valence-corrected chi connectivity index (χ4v) is 8.82. The molecule has 3 N–H and O–H groups in total. The van der Waals surface area contributed by atoms with Crippen LogP contribution in [0.1, 0.15) is 44.1 Å². The van der Waals surface area contributed by atoms with E-state index in [0.717, 1.165) is 25.3 Å². The van der Waals surface area contributed by atoms with Gasteiger partial charge in [-0.3, -0.25) is 9.88 Å². The number of hydrogen-bond acceptors (Lipinski definition) is 8. The van der Waals surface area contributed by atoms with E-state index in [2.05, 4.69) is 25.2 Å². The van der Waals surface area contributed by atoms with Crippen LogP contribution in [-0.2, 0) is 6.18 Å². The molecule has 1 aromatic carbocycles. The Balaban J connectivity index is 1.24. The number of hydrogen-bond donors (Lipinski definition) is 2. The van der Waals surface area contributed by atoms with Crippen LogP contribution >= 0.6 is 23.2 Å². The van der Waals surface area contributed by atoms with Crippen molar-refractivity contribution in [3.05, 3.63) is 33.7 Å². The van der Waals surface area contributed by atoms with E-state index in [4.69, 9.17) is 33.7 Å². The Morgan fingerprint density at radius 1 is 1.11 bits per heavy atom. The number of nitrogens with one attached hydrogen (secondary N) is 1. The van der Waals surface area contributed by atoms with Crippen LogP contribution in [0.15, 0.2) is 12.3 Å². The van der Waals surface area contributed by atoms with Gasteiger partial charge in [0, 0.05) is 49.9 Å². The van der Waals surface area contributed by atoms with E-state index >= 15 is 4.39 Å². The third-order valence-corrected chi connectivity index (χ3v) is 11.2. The molecular formula is C30H29Cl2F6N7O. The summed E-state index contributed by atoms with van der Waals surface area (Å²) in [6.45, 7) is 2.07. The quantitative estimate of drug-likeness (QED) is 0.238. The average Bonchev–Trinajstić information content (AvgIpc) is 3.31. The van der Waals surface area contributed by atoms with Crippen LogP contribution in [0.25, 0.3) is 22.2 Å². The molecule has 0 radical (unpaired) electrons. The van der Waals surface area contributed by atoms with Crippen molar-refractivity contribution in [2.24, 2.45) is 5.41 Å². The summed E-state index contributed by atoms with van der Waals surface area (Å²) in [4.78, 5) is 17.1. The van der Waals surface area contributed by atoms with Gasteiger partial charge >= 0.3 is 12.2 Å². The van der Waals surface area contributed by atoms with E-state index < -0.39 is 55.7 Å². The molecule has 1 aliphatic carbocycles. The van der Waals surface area contributed by atoms with Crippen LogP contribution < -0.4 is 20.7 Å². The molecule has 2 aromatic heterocycles. The Bertz CT molecular complexity index is 1770. The topological polar surface area (TPSA) is 92.4 Å². The van der Waals surface area contributed by atoms with Gasteiger partial charge in [0.2, 0.25) is 0 Å². The maximum atomic E-state index is 16.6. The van der Waals surface area contributed by atoms with Crippen LogP contribution in [0, 0.1) is 11.2 Å². The first-order valence-electron chi connectivity index (χ1n) is 15.2. The molecule has 0 unspecified atom stereocenters. The fourth-order valence-electron chi connectivity index (χ4n) is 8.27. The summed E-state index contributed by atoms with van der Waals surface area (Å²) >= 11 is 12.2. The van der Waals surface area contributed by atoms with Crippen molar-refractivity contribution in [1.29, 1.82) is 0 Å². The average molecular weight is 689 g/mol. The molecule has 1 spiro atoms. The highest BCUT2D eigenvalue weighted by atomic mass is 35.5. The molecule has 1 saturated carbocycles. The number of piperazine rings is 1. The SMILES string of the molecule is Nc1cc(Cl)c(C(F)(F)F)c(-c2ncc3c(N4C[C@H]5CC[C@@H](C4)N5)nc(OC[C@@]45CCCN4C[C@@]4(CC4(F)F)C5)nc3c2F)c1Cl. The van der Waals surface area contributed by atoms with Crippen LogP contribution in [0.5, 0.6) is 6.01 Å². The predicted molar refractivity (Wildman–Crippen MR) is 160 cm³/mol. The minimum atomic E-state index is -5.01. The van der Waals surface area contributed by atoms with Crippen LogP contribution in [-0.4, -0.2) is 76.2 Å². The lowest BCUT2D eigenvalue weighted by Crippen LogP contribution is -2.51. The van der Waals surface area contributed by atoms with E-state index in [0.29, 0.717) is 31.9 Å². The number of pyridine rings is 1. The molecule has 0 amide bonds. The fraction of sp³-hybridized carbons (Fsp3) is 0.567. The number of aromatic nitrogens is 3. The largest absolute Gasteiger partial charge is 0.461 e. The van der Waals surface area contributed by atoms with Crippen molar-refractivity contribution < 1.29 is 31.1 Å². The zero-order valence-corrected chi connectivity index (χ0v) is 25.8. The van der Waals surface area contributed by atoms with Gasteiger partial charge in [-0.25, -0.2) is 13.2 Å². The lowest BCUT2D eigenvalue weighted by molar-refractivity contribution is -0.137. The molecule has 5 aliphatic rings. The zero-order valence-electron chi connectivity index (χ0n) is 24.3. The lowest BCUT2D eigenvalue weighted by Gasteiger charge is -2.34. The van der Waals surface area contributed by atoms with E-state index in [1.165, 1.54) is 6.20 Å². The molecule has 6 heterocycles. The van der Waals surface area contributed by atoms with Gasteiger partial charge in [0.15, 0.2) is 5.82 Å². The highest BCUT2D eigenvalue weighted by molar-refractivity contribution is 6.38. The van der Waals surface area contributed by atoms with Gasteiger partial charge in [0.05, 0.1) is 37.6 Å². The number of nitrogen functional groups attached to an aromatic ring is 1. The van der Waals surface area contributed by atoms with Crippen molar-refractivity contribution in [2.45, 2.75) is 68.2 Å². The minimum Gasteiger partial charge on any atom is -0.461 e. The van der Waals surface area contributed by atoms with Crippen molar-refractivity contribution in [1.82, 2.24) is 25.2 Å². The van der Waals surface area contributed by atoms with E-state index in [1.54, 1.807) is 0 Å². The van der Waals surface area contributed by atoms with Gasteiger partial charge in [0.25, 0.3) is 5.92 Å². The van der Waals surface area contributed by atoms with E-state index in [-0.39, 0.29) is 60.7 Å². The monoisotopic (exact) mass is 687 g/mol. The highest BCUT2D eigenvalue weighted by Crippen LogP contribution is 2.69. The van der Waals surface area contributed by atoms with E-state index in [9.17, 15) is 22.0 Å². The first-order valence-corrected chi connectivity index (χ1v) is 15.9. The summed E-state index contributed by atoms with van der Waals surface area (Å²) in [7, 11) is 0. The lowest BCUT2D eigenvalue weighted by atomic mass is 9.89. The van der Waals surface area contributed by atoms with Crippen molar-refractivity contribution in [3.8, 4) is 17.3 Å².